The van der Waals surface area contributed by atoms with Crippen LogP contribution in [0.25, 0.3) is 11.1 Å². The van der Waals surface area contributed by atoms with Crippen LogP contribution in [-0.4, -0.2) is 53.4 Å². The van der Waals surface area contributed by atoms with Crippen molar-refractivity contribution in [3.05, 3.63) is 76.4 Å². The molecule has 1 saturated heterocycles. The van der Waals surface area contributed by atoms with Gasteiger partial charge in [0, 0.05) is 29.7 Å². The molecule has 2 aliphatic heterocycles. The number of nitrogen functional groups attached to an aromatic ring is 1. The van der Waals surface area contributed by atoms with Gasteiger partial charge in [-0.25, -0.2) is 13.8 Å². The minimum atomic E-state index is -2.80. The summed E-state index contributed by atoms with van der Waals surface area (Å²) >= 11 is 6.53. The number of anilines is 1. The number of hydrogen-bond acceptors (Lipinski definition) is 5. The lowest BCUT2D eigenvalue weighted by Crippen LogP contribution is -2.58. The van der Waals surface area contributed by atoms with Crippen molar-refractivity contribution >= 4 is 29.2 Å². The SMILES string of the molecule is Nc1ccc([C@H]2C[C@@H]2C(=O)NCC2Cc3cc(-c4ccc(C(=O)N5CC(F)(F)C5)cc4)cc(Cl)c3O2)cn1. The van der Waals surface area contributed by atoms with Crippen LogP contribution in [0, 0.1) is 5.92 Å². The Morgan fingerprint density at radius 1 is 1.13 bits per heavy atom. The third kappa shape index (κ3) is 4.78. The van der Waals surface area contributed by atoms with Gasteiger partial charge in [-0.15, -0.1) is 0 Å². The summed E-state index contributed by atoms with van der Waals surface area (Å²) in [5.74, 6) is -2.06. The van der Waals surface area contributed by atoms with Crippen molar-refractivity contribution in [2.45, 2.75) is 30.8 Å². The lowest BCUT2D eigenvalue weighted by Gasteiger charge is -2.38. The fraction of sp³-hybridized carbons (Fsp3) is 0.321. The highest BCUT2D eigenvalue weighted by Gasteiger charge is 2.46. The van der Waals surface area contributed by atoms with Crippen molar-refractivity contribution < 1.29 is 23.1 Å². The van der Waals surface area contributed by atoms with Crippen LogP contribution in [0.2, 0.25) is 5.02 Å². The van der Waals surface area contributed by atoms with E-state index in [1.54, 1.807) is 42.6 Å². The molecule has 0 spiro atoms. The first-order valence-electron chi connectivity index (χ1n) is 12.4. The Labute approximate surface area is 222 Å². The lowest BCUT2D eigenvalue weighted by atomic mass is 9.99. The van der Waals surface area contributed by atoms with Gasteiger partial charge in [-0.2, -0.15) is 0 Å². The number of rotatable bonds is 6. The third-order valence-electron chi connectivity index (χ3n) is 7.32. The largest absolute Gasteiger partial charge is 0.486 e. The average molecular weight is 539 g/mol. The summed E-state index contributed by atoms with van der Waals surface area (Å²) < 4.78 is 32.2. The summed E-state index contributed by atoms with van der Waals surface area (Å²) in [6.07, 6.45) is 2.88. The number of pyridine rings is 1. The highest BCUT2D eigenvalue weighted by molar-refractivity contribution is 6.32. The highest BCUT2D eigenvalue weighted by Crippen LogP contribution is 2.47. The molecule has 2 amide bonds. The normalized spacial score (nSPS) is 22.7. The van der Waals surface area contributed by atoms with E-state index in [0.29, 0.717) is 35.1 Å². The zero-order valence-corrected chi connectivity index (χ0v) is 21.1. The molecular weight excluding hydrogens is 514 g/mol. The number of aromatic nitrogens is 1. The molecule has 10 heteroatoms. The molecule has 1 aromatic heterocycles. The molecule has 0 bridgehead atoms. The Morgan fingerprint density at radius 2 is 1.89 bits per heavy atom. The lowest BCUT2D eigenvalue weighted by molar-refractivity contribution is -0.122. The number of alkyl halides is 2. The molecule has 1 unspecified atom stereocenters. The van der Waals surface area contributed by atoms with Gasteiger partial charge in [-0.05, 0) is 59.4 Å². The first-order chi connectivity index (χ1) is 18.2. The molecule has 2 fully saturated rings. The number of ether oxygens (including phenoxy) is 1. The Morgan fingerprint density at radius 3 is 2.58 bits per heavy atom. The van der Waals surface area contributed by atoms with Gasteiger partial charge >= 0.3 is 0 Å². The molecule has 3 atom stereocenters. The topological polar surface area (TPSA) is 97.5 Å². The van der Waals surface area contributed by atoms with Gasteiger partial charge in [0.1, 0.15) is 17.7 Å². The van der Waals surface area contributed by atoms with Gasteiger partial charge < -0.3 is 20.7 Å². The van der Waals surface area contributed by atoms with Crippen molar-refractivity contribution in [2.24, 2.45) is 5.92 Å². The van der Waals surface area contributed by atoms with E-state index < -0.39 is 24.9 Å². The van der Waals surface area contributed by atoms with E-state index in [4.69, 9.17) is 22.1 Å². The van der Waals surface area contributed by atoms with Gasteiger partial charge in [0.2, 0.25) is 5.91 Å². The number of amides is 2. The minimum absolute atomic E-state index is 0.00486. The molecule has 3 N–H and O–H groups in total. The van der Waals surface area contributed by atoms with Crippen LogP contribution in [0.1, 0.15) is 33.8 Å². The first kappa shape index (κ1) is 24.6. The Hall–Kier alpha value is -3.72. The Kier molecular flexibility index (Phi) is 5.98. The van der Waals surface area contributed by atoms with Crippen LogP contribution in [0.15, 0.2) is 54.7 Å². The van der Waals surface area contributed by atoms with Gasteiger partial charge in [0.25, 0.3) is 11.8 Å². The quantitative estimate of drug-likeness (QED) is 0.488. The van der Waals surface area contributed by atoms with Gasteiger partial charge in [-0.3, -0.25) is 9.59 Å². The van der Waals surface area contributed by atoms with E-state index >= 15 is 0 Å². The molecule has 1 saturated carbocycles. The molecule has 196 valence electrons. The maximum Gasteiger partial charge on any atom is 0.282 e. The van der Waals surface area contributed by atoms with Crippen LogP contribution in [0.5, 0.6) is 5.75 Å². The molecule has 2 aromatic carbocycles. The summed E-state index contributed by atoms with van der Waals surface area (Å²) in [6, 6.07) is 14.3. The van der Waals surface area contributed by atoms with Crippen molar-refractivity contribution in [2.75, 3.05) is 25.4 Å². The second-order valence-corrected chi connectivity index (χ2v) is 10.6. The second kappa shape index (κ2) is 9.23. The van der Waals surface area contributed by atoms with E-state index in [2.05, 4.69) is 10.3 Å². The predicted molar refractivity (Wildman–Crippen MR) is 138 cm³/mol. The first-order valence-corrected chi connectivity index (χ1v) is 12.8. The van der Waals surface area contributed by atoms with Gasteiger partial charge in [0.15, 0.2) is 0 Å². The van der Waals surface area contributed by atoms with E-state index in [1.807, 2.05) is 12.1 Å². The number of hydrogen-bond donors (Lipinski definition) is 2. The fourth-order valence-electron chi connectivity index (χ4n) is 5.15. The van der Waals surface area contributed by atoms with Crippen LogP contribution >= 0.6 is 11.6 Å². The van der Waals surface area contributed by atoms with Crippen molar-refractivity contribution in [1.82, 2.24) is 15.2 Å². The number of fused-ring (bicyclic) bond motifs is 1. The number of nitrogens with two attached hydrogens (primary N) is 1. The number of benzene rings is 2. The van der Waals surface area contributed by atoms with E-state index in [0.717, 1.165) is 33.6 Å². The van der Waals surface area contributed by atoms with Crippen molar-refractivity contribution in [1.29, 1.82) is 0 Å². The Bertz CT molecular complexity index is 1410. The maximum atomic E-state index is 13.1. The summed E-state index contributed by atoms with van der Waals surface area (Å²) in [6.45, 7) is -0.720. The van der Waals surface area contributed by atoms with Crippen molar-refractivity contribution in [3.63, 3.8) is 0 Å². The third-order valence-corrected chi connectivity index (χ3v) is 7.60. The van der Waals surface area contributed by atoms with Crippen LogP contribution < -0.4 is 15.8 Å². The average Bonchev–Trinajstić information content (AvgIpc) is 3.57. The number of halogens is 3. The van der Waals surface area contributed by atoms with Crippen LogP contribution in [-0.2, 0) is 11.2 Å². The molecule has 3 heterocycles. The fourth-order valence-corrected chi connectivity index (χ4v) is 5.43. The van der Waals surface area contributed by atoms with Crippen LogP contribution in [0.4, 0.5) is 14.6 Å². The van der Waals surface area contributed by atoms with Gasteiger partial charge in [0.05, 0.1) is 24.7 Å². The monoisotopic (exact) mass is 538 g/mol. The maximum absolute atomic E-state index is 13.1. The molecule has 7 nitrogen and oxygen atoms in total. The van der Waals surface area contributed by atoms with E-state index in [9.17, 15) is 18.4 Å². The molecule has 1 aliphatic carbocycles. The number of likely N-dealkylation sites (tertiary alicyclic amines) is 1. The summed E-state index contributed by atoms with van der Waals surface area (Å²) in [7, 11) is 0. The summed E-state index contributed by atoms with van der Waals surface area (Å²) in [5.41, 5.74) is 9.65. The van der Waals surface area contributed by atoms with Crippen LogP contribution in [0.3, 0.4) is 0 Å². The molecule has 6 rings (SSSR count). The Balaban J connectivity index is 1.06. The van der Waals surface area contributed by atoms with Crippen molar-refractivity contribution in [3.8, 4) is 16.9 Å². The zero-order chi connectivity index (χ0) is 26.6. The molecule has 0 radical (unpaired) electrons. The highest BCUT2D eigenvalue weighted by atomic mass is 35.5. The second-order valence-electron chi connectivity index (χ2n) is 10.2. The standard InChI is InChI=1S/C28H25ClF2N4O3/c29-23-9-18(15-1-3-16(4-2-15)27(37)35-13-28(30,31)14-35)7-19-8-20(38-25(19)23)12-34-26(36)22-10-21(22)17-5-6-24(32)33-11-17/h1-7,9,11,20-22H,8,10,12-14H2,(H2,32,33)(H,34,36)/t20?,21-,22+/m1/s1. The zero-order valence-electron chi connectivity index (χ0n) is 20.3. The number of nitrogens with zero attached hydrogens (tertiary/aromatic N) is 2. The molecular formula is C28H25ClF2N4O3. The van der Waals surface area contributed by atoms with E-state index in [1.165, 1.54) is 0 Å². The minimum Gasteiger partial charge on any atom is -0.486 e. The smallest absolute Gasteiger partial charge is 0.282 e. The van der Waals surface area contributed by atoms with E-state index in [-0.39, 0.29) is 23.8 Å². The number of nitrogens with one attached hydrogen (secondary N) is 1. The van der Waals surface area contributed by atoms with Gasteiger partial charge in [-0.1, -0.05) is 29.8 Å². The molecule has 3 aromatic rings. The molecule has 38 heavy (non-hydrogen) atoms. The summed E-state index contributed by atoms with van der Waals surface area (Å²) in [5, 5.41) is 3.47. The number of carbonyl (C=O) groups is 2. The summed E-state index contributed by atoms with van der Waals surface area (Å²) in [4.78, 5) is 30.3. The molecule has 3 aliphatic rings. The number of carbonyl (C=O) groups excluding carboxylic acids is 2. The predicted octanol–water partition coefficient (Wildman–Crippen LogP) is 4.30.